The molecule has 6 heteroatoms. The molecule has 0 fully saturated rings. The topological polar surface area (TPSA) is 59.1 Å². The van der Waals surface area contributed by atoms with Gasteiger partial charge in [-0.25, -0.2) is 18.1 Å². The van der Waals surface area contributed by atoms with Crippen molar-refractivity contribution in [1.82, 2.24) is 9.71 Å². The Kier molecular flexibility index (Phi) is 5.86. The van der Waals surface area contributed by atoms with Gasteiger partial charge in [0.05, 0.1) is 15.6 Å². The second-order valence-corrected chi connectivity index (χ2v) is 9.02. The summed E-state index contributed by atoms with van der Waals surface area (Å²) in [6, 6.07) is 15.5. The molecule has 1 heterocycles. The van der Waals surface area contributed by atoms with E-state index in [1.807, 2.05) is 49.6 Å². The fourth-order valence-electron chi connectivity index (χ4n) is 2.77. The SMILES string of the molecule is Cc1nc(-c2ccc(C)c(S(=O)(=O)NCCCc3ccccc3)c2)cs1. The molecule has 0 atom stereocenters. The molecule has 0 aliphatic heterocycles. The predicted octanol–water partition coefficient (Wildman–Crippen LogP) is 4.34. The summed E-state index contributed by atoms with van der Waals surface area (Å²) in [6.07, 6.45) is 1.60. The number of thiazole rings is 1. The maximum absolute atomic E-state index is 12.7. The molecular formula is C20H22N2O2S2. The maximum Gasteiger partial charge on any atom is 0.240 e. The quantitative estimate of drug-likeness (QED) is 0.615. The molecule has 2 aromatic carbocycles. The van der Waals surface area contributed by atoms with Crippen LogP contribution in [0.15, 0.2) is 58.8 Å². The van der Waals surface area contributed by atoms with Gasteiger partial charge < -0.3 is 0 Å². The minimum Gasteiger partial charge on any atom is -0.242 e. The summed E-state index contributed by atoms with van der Waals surface area (Å²) < 4.78 is 28.2. The Morgan fingerprint density at radius 1 is 1.08 bits per heavy atom. The van der Waals surface area contributed by atoms with E-state index in [0.717, 1.165) is 34.7 Å². The molecular weight excluding hydrogens is 364 g/mol. The van der Waals surface area contributed by atoms with Crippen LogP contribution in [0, 0.1) is 13.8 Å². The van der Waals surface area contributed by atoms with E-state index in [-0.39, 0.29) is 0 Å². The number of hydrogen-bond acceptors (Lipinski definition) is 4. The standard InChI is InChI=1S/C20H22N2O2S2/c1-15-10-11-18(19-14-25-16(2)22-19)13-20(15)26(23,24)21-12-6-9-17-7-4-3-5-8-17/h3-5,7-8,10-11,13-14,21H,6,9,12H2,1-2H3. The number of nitrogens with one attached hydrogen (secondary N) is 1. The summed E-state index contributed by atoms with van der Waals surface area (Å²) in [4.78, 5) is 4.77. The number of nitrogens with zero attached hydrogens (tertiary/aromatic N) is 1. The van der Waals surface area contributed by atoms with E-state index < -0.39 is 10.0 Å². The molecule has 1 aromatic heterocycles. The summed E-state index contributed by atoms with van der Waals surface area (Å²) in [5, 5.41) is 2.91. The van der Waals surface area contributed by atoms with Crippen LogP contribution in [-0.4, -0.2) is 19.9 Å². The second kappa shape index (κ2) is 8.12. The van der Waals surface area contributed by atoms with Crippen molar-refractivity contribution in [2.45, 2.75) is 31.6 Å². The highest BCUT2D eigenvalue weighted by Crippen LogP contribution is 2.26. The van der Waals surface area contributed by atoms with Crippen LogP contribution in [0.4, 0.5) is 0 Å². The van der Waals surface area contributed by atoms with Gasteiger partial charge in [0.25, 0.3) is 0 Å². The lowest BCUT2D eigenvalue weighted by molar-refractivity contribution is 0.578. The van der Waals surface area contributed by atoms with Gasteiger partial charge in [0.1, 0.15) is 0 Å². The van der Waals surface area contributed by atoms with Crippen molar-refractivity contribution in [2.75, 3.05) is 6.54 Å². The summed E-state index contributed by atoms with van der Waals surface area (Å²) in [7, 11) is -3.54. The molecule has 0 bridgehead atoms. The van der Waals surface area contributed by atoms with Gasteiger partial charge in [-0.15, -0.1) is 11.3 Å². The first-order valence-corrected chi connectivity index (χ1v) is 10.9. The number of benzene rings is 2. The Morgan fingerprint density at radius 2 is 1.85 bits per heavy atom. The van der Waals surface area contributed by atoms with Crippen LogP contribution in [0.1, 0.15) is 22.6 Å². The summed E-state index contributed by atoms with van der Waals surface area (Å²) in [5.41, 5.74) is 3.58. The predicted molar refractivity (Wildman–Crippen MR) is 107 cm³/mol. The molecule has 0 spiro atoms. The van der Waals surface area contributed by atoms with Crippen molar-refractivity contribution in [2.24, 2.45) is 0 Å². The molecule has 0 unspecified atom stereocenters. The Labute approximate surface area is 159 Å². The number of aryl methyl sites for hydroxylation is 3. The summed E-state index contributed by atoms with van der Waals surface area (Å²) in [5.74, 6) is 0. The van der Waals surface area contributed by atoms with E-state index in [9.17, 15) is 8.42 Å². The zero-order chi connectivity index (χ0) is 18.6. The van der Waals surface area contributed by atoms with Crippen molar-refractivity contribution in [3.63, 3.8) is 0 Å². The van der Waals surface area contributed by atoms with Crippen LogP contribution in [0.25, 0.3) is 11.3 Å². The van der Waals surface area contributed by atoms with Crippen LogP contribution < -0.4 is 4.72 Å². The highest BCUT2D eigenvalue weighted by molar-refractivity contribution is 7.89. The number of rotatable bonds is 7. The number of sulfonamides is 1. The van der Waals surface area contributed by atoms with E-state index in [2.05, 4.69) is 21.8 Å². The van der Waals surface area contributed by atoms with Crippen molar-refractivity contribution in [3.05, 3.63) is 70.0 Å². The van der Waals surface area contributed by atoms with Crippen molar-refractivity contribution >= 4 is 21.4 Å². The van der Waals surface area contributed by atoms with Crippen LogP contribution in [0.2, 0.25) is 0 Å². The first kappa shape index (κ1) is 18.8. The Hall–Kier alpha value is -2.02. The Morgan fingerprint density at radius 3 is 2.54 bits per heavy atom. The molecule has 0 saturated heterocycles. The lowest BCUT2D eigenvalue weighted by Gasteiger charge is -2.11. The maximum atomic E-state index is 12.7. The molecule has 3 rings (SSSR count). The number of aromatic nitrogens is 1. The lowest BCUT2D eigenvalue weighted by atomic mass is 10.1. The molecule has 0 saturated carbocycles. The fraction of sp³-hybridized carbons (Fsp3) is 0.250. The third-order valence-corrected chi connectivity index (χ3v) is 6.55. The molecule has 0 aliphatic rings. The van der Waals surface area contributed by atoms with Gasteiger partial charge in [0.2, 0.25) is 10.0 Å². The third kappa shape index (κ3) is 4.58. The van der Waals surface area contributed by atoms with Gasteiger partial charge in [-0.05, 0) is 43.9 Å². The average molecular weight is 387 g/mol. The molecule has 3 aromatic rings. The minimum absolute atomic E-state index is 0.320. The van der Waals surface area contributed by atoms with Gasteiger partial charge >= 0.3 is 0 Å². The highest BCUT2D eigenvalue weighted by Gasteiger charge is 2.17. The van der Waals surface area contributed by atoms with E-state index in [4.69, 9.17) is 0 Å². The molecule has 0 radical (unpaired) electrons. The van der Waals surface area contributed by atoms with Gasteiger partial charge in [-0.1, -0.05) is 42.5 Å². The number of hydrogen-bond donors (Lipinski definition) is 1. The highest BCUT2D eigenvalue weighted by atomic mass is 32.2. The molecule has 136 valence electrons. The fourth-order valence-corrected chi connectivity index (χ4v) is 4.73. The Bertz CT molecular complexity index is 980. The monoisotopic (exact) mass is 386 g/mol. The van der Waals surface area contributed by atoms with E-state index in [1.165, 1.54) is 5.56 Å². The van der Waals surface area contributed by atoms with Gasteiger partial charge in [-0.2, -0.15) is 0 Å². The largest absolute Gasteiger partial charge is 0.242 e. The zero-order valence-corrected chi connectivity index (χ0v) is 16.5. The second-order valence-electron chi connectivity index (χ2n) is 6.22. The molecule has 0 amide bonds. The van der Waals surface area contributed by atoms with Crippen LogP contribution in [0.3, 0.4) is 0 Å². The normalized spacial score (nSPS) is 11.6. The molecule has 26 heavy (non-hydrogen) atoms. The van der Waals surface area contributed by atoms with Gasteiger partial charge in [-0.3, -0.25) is 0 Å². The van der Waals surface area contributed by atoms with Crippen molar-refractivity contribution < 1.29 is 8.42 Å². The van der Waals surface area contributed by atoms with Crippen LogP contribution >= 0.6 is 11.3 Å². The van der Waals surface area contributed by atoms with Gasteiger partial charge in [0, 0.05) is 17.5 Å². The average Bonchev–Trinajstić information content (AvgIpc) is 3.06. The van der Waals surface area contributed by atoms with Crippen LogP contribution in [0.5, 0.6) is 0 Å². The zero-order valence-electron chi connectivity index (χ0n) is 14.9. The van der Waals surface area contributed by atoms with E-state index in [1.54, 1.807) is 17.4 Å². The van der Waals surface area contributed by atoms with E-state index >= 15 is 0 Å². The minimum atomic E-state index is -3.54. The van der Waals surface area contributed by atoms with Crippen molar-refractivity contribution in [3.8, 4) is 11.3 Å². The summed E-state index contributed by atoms with van der Waals surface area (Å²) in [6.45, 7) is 4.17. The molecule has 1 N–H and O–H groups in total. The first-order valence-electron chi connectivity index (χ1n) is 8.52. The molecule has 4 nitrogen and oxygen atoms in total. The smallest absolute Gasteiger partial charge is 0.240 e. The van der Waals surface area contributed by atoms with Crippen LogP contribution in [-0.2, 0) is 16.4 Å². The first-order chi connectivity index (χ1) is 12.5. The van der Waals surface area contributed by atoms with E-state index in [0.29, 0.717) is 11.4 Å². The van der Waals surface area contributed by atoms with Crippen molar-refractivity contribution in [1.29, 1.82) is 0 Å². The third-order valence-electron chi connectivity index (χ3n) is 4.17. The summed E-state index contributed by atoms with van der Waals surface area (Å²) >= 11 is 1.56. The lowest BCUT2D eigenvalue weighted by Crippen LogP contribution is -2.25. The van der Waals surface area contributed by atoms with Gasteiger partial charge in [0.15, 0.2) is 0 Å². The molecule has 0 aliphatic carbocycles. The Balaban J connectivity index is 1.70.